The number of rotatable bonds is 10. The van der Waals surface area contributed by atoms with Gasteiger partial charge in [0, 0.05) is 5.56 Å². The monoisotopic (exact) mass is 462 g/mol. The molecule has 0 aliphatic rings. The minimum Gasteiger partial charge on any atom is -0.115 e. The topological polar surface area (TPSA) is 0 Å². The first-order valence-corrected chi connectivity index (χ1v) is 13.0. The lowest BCUT2D eigenvalue weighted by Gasteiger charge is -2.34. The Morgan fingerprint density at radius 1 is 1.09 bits per heavy atom. The molecule has 0 heteroatoms. The van der Waals surface area contributed by atoms with Gasteiger partial charge in [0.15, 0.2) is 0 Å². The molecule has 0 heterocycles. The van der Waals surface area contributed by atoms with Crippen LogP contribution in [0.5, 0.6) is 0 Å². The van der Waals surface area contributed by atoms with Gasteiger partial charge in [0.2, 0.25) is 0 Å². The Morgan fingerprint density at radius 3 is 2.00 bits per heavy atom. The van der Waals surface area contributed by atoms with Gasteiger partial charge in [0.1, 0.15) is 0 Å². The number of hydrogen-bond acceptors (Lipinski definition) is 0. The molecule has 1 aromatic rings. The Morgan fingerprint density at radius 2 is 1.65 bits per heavy atom. The highest BCUT2D eigenvalue weighted by Crippen LogP contribution is 2.37. The maximum Gasteiger partial charge on any atom is 0.0280 e. The van der Waals surface area contributed by atoms with E-state index in [2.05, 4.69) is 92.3 Å². The SMILES string of the molecule is C#Cc1cc(C(=C)/C=C\C)ccc1CC(CCC)C(C)(C)CC.C=C(C)C.C=C(C)C(C)CC. The molecule has 0 aliphatic carbocycles. The second-order valence-electron chi connectivity index (χ2n) is 10.4. The molecule has 1 aromatic carbocycles. The predicted octanol–water partition coefficient (Wildman–Crippen LogP) is 10.8. The molecular weight excluding hydrogens is 408 g/mol. The van der Waals surface area contributed by atoms with E-state index in [0.717, 1.165) is 23.1 Å². The molecule has 190 valence electrons. The van der Waals surface area contributed by atoms with Gasteiger partial charge in [-0.15, -0.1) is 13.0 Å². The van der Waals surface area contributed by atoms with E-state index in [0.29, 0.717) is 17.3 Å². The van der Waals surface area contributed by atoms with E-state index in [9.17, 15) is 0 Å². The van der Waals surface area contributed by atoms with Gasteiger partial charge in [-0.3, -0.25) is 0 Å². The number of terminal acetylenes is 1. The lowest BCUT2D eigenvalue weighted by molar-refractivity contribution is 0.188. The van der Waals surface area contributed by atoms with Crippen molar-refractivity contribution in [3.63, 3.8) is 0 Å². The molecule has 0 aromatic heterocycles. The van der Waals surface area contributed by atoms with E-state index >= 15 is 0 Å². The van der Waals surface area contributed by atoms with Crippen LogP contribution in [0, 0.1) is 29.6 Å². The molecule has 0 radical (unpaired) electrons. The molecule has 1 rings (SSSR count). The van der Waals surface area contributed by atoms with Crippen molar-refractivity contribution in [3.8, 4) is 12.3 Å². The summed E-state index contributed by atoms with van der Waals surface area (Å²) in [4.78, 5) is 0. The average Bonchev–Trinajstić information content (AvgIpc) is 2.78. The van der Waals surface area contributed by atoms with Crippen LogP contribution in [0.15, 0.2) is 61.2 Å². The van der Waals surface area contributed by atoms with Crippen molar-refractivity contribution < 1.29 is 0 Å². The van der Waals surface area contributed by atoms with Gasteiger partial charge in [-0.05, 0) is 87.0 Å². The zero-order chi connectivity index (χ0) is 26.9. The summed E-state index contributed by atoms with van der Waals surface area (Å²) in [5.74, 6) is 4.25. The first-order valence-electron chi connectivity index (χ1n) is 13.0. The normalized spacial score (nSPS) is 12.4. The first-order chi connectivity index (χ1) is 15.8. The standard InChI is InChI=1S/C23H32.C7H14.C4H8/c1-8-12-18(5)20-14-15-21(19(10-3)16-20)17-22(13-9-2)23(6,7)11-4;1-5-7(4)6(2)3;1-4(2)3/h3,8,12,14-16,22H,5,9,11,13,17H2,1-2,4,6-7H3;7H,2,5H2,1,3-4H3;1H2,2-3H3/b12-8-;;. The van der Waals surface area contributed by atoms with Gasteiger partial charge < -0.3 is 0 Å². The van der Waals surface area contributed by atoms with E-state index in [4.69, 9.17) is 6.42 Å². The molecule has 0 N–H and O–H groups in total. The summed E-state index contributed by atoms with van der Waals surface area (Å²) >= 11 is 0. The third-order valence-electron chi connectivity index (χ3n) is 6.58. The smallest absolute Gasteiger partial charge is 0.0280 e. The minimum absolute atomic E-state index is 0.342. The van der Waals surface area contributed by atoms with Crippen LogP contribution in [0.3, 0.4) is 0 Å². The second kappa shape index (κ2) is 18.1. The van der Waals surface area contributed by atoms with E-state index in [1.54, 1.807) is 0 Å². The number of allylic oxidation sites excluding steroid dienone is 5. The summed E-state index contributed by atoms with van der Waals surface area (Å²) < 4.78 is 0. The van der Waals surface area contributed by atoms with Gasteiger partial charge in [-0.25, -0.2) is 0 Å². The average molecular weight is 463 g/mol. The Hall–Kier alpha value is -2.26. The summed E-state index contributed by atoms with van der Waals surface area (Å²) in [6.07, 6.45) is 15.8. The second-order valence-corrected chi connectivity index (χ2v) is 10.4. The summed E-state index contributed by atoms with van der Waals surface area (Å²) in [5.41, 5.74) is 7.24. The molecule has 34 heavy (non-hydrogen) atoms. The van der Waals surface area contributed by atoms with Crippen molar-refractivity contribution in [2.24, 2.45) is 17.3 Å². The van der Waals surface area contributed by atoms with E-state index in [1.807, 2.05) is 32.9 Å². The fourth-order valence-corrected chi connectivity index (χ4v) is 3.41. The van der Waals surface area contributed by atoms with Crippen LogP contribution in [0.25, 0.3) is 5.57 Å². The van der Waals surface area contributed by atoms with Crippen LogP contribution < -0.4 is 0 Å². The van der Waals surface area contributed by atoms with Gasteiger partial charge >= 0.3 is 0 Å². The summed E-state index contributed by atoms with van der Waals surface area (Å²) in [7, 11) is 0. The Labute approximate surface area is 214 Å². The highest BCUT2D eigenvalue weighted by Gasteiger charge is 2.27. The van der Waals surface area contributed by atoms with Gasteiger partial charge in [-0.1, -0.05) is 109 Å². The summed E-state index contributed by atoms with van der Waals surface area (Å²) in [6, 6.07) is 6.47. The molecular formula is C34H54. The fraction of sp³-hybridized carbons (Fsp3) is 0.529. The fourth-order valence-electron chi connectivity index (χ4n) is 3.41. The maximum absolute atomic E-state index is 5.79. The number of benzene rings is 1. The van der Waals surface area contributed by atoms with E-state index in [1.165, 1.54) is 42.4 Å². The lowest BCUT2D eigenvalue weighted by atomic mass is 9.71. The molecule has 0 saturated carbocycles. The number of hydrogen-bond donors (Lipinski definition) is 0. The van der Waals surface area contributed by atoms with Crippen LogP contribution in [0.1, 0.15) is 112 Å². The largest absolute Gasteiger partial charge is 0.115 e. The highest BCUT2D eigenvalue weighted by atomic mass is 14.3. The molecule has 0 amide bonds. The Kier molecular flexibility index (Phi) is 18.1. The highest BCUT2D eigenvalue weighted by molar-refractivity contribution is 5.73. The molecule has 0 nitrogen and oxygen atoms in total. The summed E-state index contributed by atoms with van der Waals surface area (Å²) in [6.45, 7) is 33.2. The van der Waals surface area contributed by atoms with Crippen molar-refractivity contribution in [3.05, 3.63) is 77.9 Å². The molecule has 2 atom stereocenters. The minimum atomic E-state index is 0.342. The van der Waals surface area contributed by atoms with Crippen molar-refractivity contribution >= 4 is 5.57 Å². The molecule has 0 saturated heterocycles. The van der Waals surface area contributed by atoms with Crippen molar-refractivity contribution in [2.75, 3.05) is 0 Å². The quantitative estimate of drug-likeness (QED) is 0.184. The third-order valence-corrected chi connectivity index (χ3v) is 6.58. The Bertz CT molecular complexity index is 818. The predicted molar refractivity (Wildman–Crippen MR) is 159 cm³/mol. The lowest BCUT2D eigenvalue weighted by Crippen LogP contribution is -2.25. The molecule has 0 aliphatic heterocycles. The molecule has 0 fully saturated rings. The van der Waals surface area contributed by atoms with Crippen LogP contribution >= 0.6 is 0 Å². The Balaban J connectivity index is 0. The maximum atomic E-state index is 5.79. The van der Waals surface area contributed by atoms with Gasteiger partial charge in [0.05, 0.1) is 0 Å². The summed E-state index contributed by atoms with van der Waals surface area (Å²) in [5, 5.41) is 0. The van der Waals surface area contributed by atoms with E-state index in [-0.39, 0.29) is 0 Å². The van der Waals surface area contributed by atoms with Gasteiger partial charge in [0.25, 0.3) is 0 Å². The van der Waals surface area contributed by atoms with Gasteiger partial charge in [-0.2, -0.15) is 0 Å². The van der Waals surface area contributed by atoms with Crippen molar-refractivity contribution in [1.29, 1.82) is 0 Å². The van der Waals surface area contributed by atoms with Crippen molar-refractivity contribution in [2.45, 2.75) is 101 Å². The van der Waals surface area contributed by atoms with Crippen LogP contribution in [-0.2, 0) is 6.42 Å². The van der Waals surface area contributed by atoms with E-state index < -0.39 is 0 Å². The van der Waals surface area contributed by atoms with Crippen LogP contribution in [0.2, 0.25) is 0 Å². The molecule has 0 bridgehead atoms. The third kappa shape index (κ3) is 14.1. The molecule has 2 unspecified atom stereocenters. The zero-order valence-corrected chi connectivity index (χ0v) is 24.3. The van der Waals surface area contributed by atoms with Crippen LogP contribution in [0.4, 0.5) is 0 Å². The van der Waals surface area contributed by atoms with Crippen LogP contribution in [-0.4, -0.2) is 0 Å². The molecule has 0 spiro atoms. The van der Waals surface area contributed by atoms with Crippen molar-refractivity contribution in [1.82, 2.24) is 0 Å². The first kappa shape index (κ1) is 33.9. The zero-order valence-electron chi connectivity index (χ0n) is 24.3.